The Bertz CT molecular complexity index is 488. The second-order valence-electron chi connectivity index (χ2n) is 3.64. The van der Waals surface area contributed by atoms with Crippen LogP contribution in [0.2, 0.25) is 0 Å². The predicted molar refractivity (Wildman–Crippen MR) is 58.5 cm³/mol. The van der Waals surface area contributed by atoms with E-state index >= 15 is 0 Å². The molecule has 1 unspecified atom stereocenters. The lowest BCUT2D eigenvalue weighted by Gasteiger charge is -2.02. The van der Waals surface area contributed by atoms with E-state index in [-0.39, 0.29) is 0 Å². The fraction of sp³-hybridized carbons (Fsp3) is 0.444. The fourth-order valence-electron chi connectivity index (χ4n) is 1.83. The van der Waals surface area contributed by atoms with Crippen LogP contribution in [-0.2, 0) is 0 Å². The molecule has 5 nitrogen and oxygen atoms in total. The zero-order chi connectivity index (χ0) is 10.3. The van der Waals surface area contributed by atoms with Crippen molar-refractivity contribution in [3.63, 3.8) is 0 Å². The van der Waals surface area contributed by atoms with Crippen molar-refractivity contribution in [1.29, 1.82) is 0 Å². The fourth-order valence-corrected chi connectivity index (χ4v) is 2.12. The average molecular weight is 268 g/mol. The minimum absolute atomic E-state index is 0.297. The van der Waals surface area contributed by atoms with Crippen molar-refractivity contribution in [2.24, 2.45) is 0 Å². The number of fused-ring (bicyclic) bond motifs is 1. The summed E-state index contributed by atoms with van der Waals surface area (Å²) in [4.78, 5) is 8.58. The van der Waals surface area contributed by atoms with Crippen LogP contribution in [0.5, 0.6) is 0 Å². The minimum Gasteiger partial charge on any atom is -0.307 e. The van der Waals surface area contributed by atoms with E-state index < -0.39 is 0 Å². The van der Waals surface area contributed by atoms with Crippen molar-refractivity contribution in [3.8, 4) is 0 Å². The van der Waals surface area contributed by atoms with Crippen molar-refractivity contribution < 1.29 is 0 Å². The first-order valence-electron chi connectivity index (χ1n) is 4.94. The molecule has 15 heavy (non-hydrogen) atoms. The van der Waals surface area contributed by atoms with E-state index in [1.807, 2.05) is 6.20 Å². The highest BCUT2D eigenvalue weighted by atomic mass is 79.9. The molecule has 2 aromatic heterocycles. The van der Waals surface area contributed by atoms with Crippen molar-refractivity contribution in [2.75, 3.05) is 6.54 Å². The van der Waals surface area contributed by atoms with Crippen LogP contribution < -0.4 is 5.32 Å². The molecule has 6 heteroatoms. The molecule has 1 fully saturated rings. The van der Waals surface area contributed by atoms with Gasteiger partial charge in [0.2, 0.25) is 0 Å². The number of rotatable bonds is 1. The second kappa shape index (κ2) is 3.53. The van der Waals surface area contributed by atoms with Crippen molar-refractivity contribution in [1.82, 2.24) is 24.9 Å². The Morgan fingerprint density at radius 2 is 2.47 bits per heavy atom. The molecule has 1 atom stereocenters. The molecule has 3 heterocycles. The van der Waals surface area contributed by atoms with Gasteiger partial charge in [-0.05, 0) is 35.3 Å². The number of aromatic nitrogens is 4. The summed E-state index contributed by atoms with van der Waals surface area (Å²) in [5.74, 6) is 1.50. The van der Waals surface area contributed by atoms with E-state index in [1.54, 1.807) is 10.7 Å². The molecule has 78 valence electrons. The van der Waals surface area contributed by atoms with Crippen LogP contribution in [0.1, 0.15) is 24.7 Å². The molecular weight excluding hydrogens is 258 g/mol. The highest BCUT2D eigenvalue weighted by Crippen LogP contribution is 2.20. The topological polar surface area (TPSA) is 55.1 Å². The first-order valence-corrected chi connectivity index (χ1v) is 5.73. The van der Waals surface area contributed by atoms with E-state index in [1.165, 1.54) is 6.42 Å². The molecule has 0 amide bonds. The summed E-state index contributed by atoms with van der Waals surface area (Å²) in [6, 6.07) is 0.297. The molecule has 2 aromatic rings. The van der Waals surface area contributed by atoms with E-state index in [0.717, 1.165) is 23.3 Å². The summed E-state index contributed by atoms with van der Waals surface area (Å²) in [6.45, 7) is 1.05. The molecule has 1 aliphatic heterocycles. The summed E-state index contributed by atoms with van der Waals surface area (Å²) in [7, 11) is 0. The lowest BCUT2D eigenvalue weighted by molar-refractivity contribution is 0.604. The van der Waals surface area contributed by atoms with Gasteiger partial charge in [-0.3, -0.25) is 0 Å². The normalized spacial score (nSPS) is 21.3. The standard InChI is InChI=1S/C9H10BrN5/c10-6-4-12-9-13-8(14-15(9)5-6)7-2-1-3-11-7/h4-5,7,11H,1-3H2. The molecule has 0 radical (unpaired) electrons. The van der Waals surface area contributed by atoms with Gasteiger partial charge in [-0.1, -0.05) is 0 Å². The van der Waals surface area contributed by atoms with E-state index in [9.17, 15) is 0 Å². The SMILES string of the molecule is Brc1cnc2nc(C3CCCN3)nn2c1. The zero-order valence-corrected chi connectivity index (χ0v) is 9.61. The molecule has 1 saturated heterocycles. The summed E-state index contributed by atoms with van der Waals surface area (Å²) in [5, 5.41) is 7.78. The molecule has 0 bridgehead atoms. The molecular formula is C9H10BrN5. The van der Waals surface area contributed by atoms with Crippen LogP contribution in [-0.4, -0.2) is 26.1 Å². The number of halogens is 1. The van der Waals surface area contributed by atoms with Crippen LogP contribution in [0.3, 0.4) is 0 Å². The largest absolute Gasteiger partial charge is 0.307 e. The summed E-state index contributed by atoms with van der Waals surface area (Å²) >= 11 is 3.36. The van der Waals surface area contributed by atoms with Crippen LogP contribution in [0.15, 0.2) is 16.9 Å². The first kappa shape index (κ1) is 9.23. The molecule has 0 aliphatic carbocycles. The molecule has 0 spiro atoms. The molecule has 0 saturated carbocycles. The minimum atomic E-state index is 0.297. The smallest absolute Gasteiger partial charge is 0.252 e. The van der Waals surface area contributed by atoms with Crippen LogP contribution >= 0.6 is 15.9 Å². The molecule has 3 rings (SSSR count). The number of nitrogens with zero attached hydrogens (tertiary/aromatic N) is 4. The van der Waals surface area contributed by atoms with E-state index in [4.69, 9.17) is 0 Å². The van der Waals surface area contributed by atoms with Gasteiger partial charge in [0.1, 0.15) is 0 Å². The summed E-state index contributed by atoms with van der Waals surface area (Å²) in [6.07, 6.45) is 5.90. The Balaban J connectivity index is 2.05. The van der Waals surface area contributed by atoms with Gasteiger partial charge in [0.15, 0.2) is 5.82 Å². The Kier molecular flexibility index (Phi) is 2.17. The van der Waals surface area contributed by atoms with Gasteiger partial charge >= 0.3 is 0 Å². The number of nitrogens with one attached hydrogen (secondary N) is 1. The van der Waals surface area contributed by atoms with E-state index in [0.29, 0.717) is 11.8 Å². The van der Waals surface area contributed by atoms with Crippen LogP contribution in [0.4, 0.5) is 0 Å². The monoisotopic (exact) mass is 267 g/mol. The Morgan fingerprint density at radius 1 is 1.53 bits per heavy atom. The van der Waals surface area contributed by atoms with Crippen molar-refractivity contribution in [3.05, 3.63) is 22.7 Å². The van der Waals surface area contributed by atoms with Gasteiger partial charge < -0.3 is 5.32 Å². The maximum atomic E-state index is 4.41. The third-order valence-electron chi connectivity index (χ3n) is 2.55. The highest BCUT2D eigenvalue weighted by molar-refractivity contribution is 9.10. The first-order chi connectivity index (χ1) is 7.33. The van der Waals surface area contributed by atoms with Gasteiger partial charge in [0, 0.05) is 12.4 Å². The Labute approximate surface area is 95.0 Å². The molecule has 1 aliphatic rings. The van der Waals surface area contributed by atoms with Gasteiger partial charge in [-0.2, -0.15) is 4.98 Å². The second-order valence-corrected chi connectivity index (χ2v) is 4.55. The molecule has 1 N–H and O–H groups in total. The van der Waals surface area contributed by atoms with Gasteiger partial charge in [-0.15, -0.1) is 5.10 Å². The molecule has 0 aromatic carbocycles. The Morgan fingerprint density at radius 3 is 3.27 bits per heavy atom. The highest BCUT2D eigenvalue weighted by Gasteiger charge is 2.20. The van der Waals surface area contributed by atoms with Crippen molar-refractivity contribution in [2.45, 2.75) is 18.9 Å². The van der Waals surface area contributed by atoms with Crippen LogP contribution in [0.25, 0.3) is 5.78 Å². The van der Waals surface area contributed by atoms with Gasteiger partial charge in [-0.25, -0.2) is 9.50 Å². The van der Waals surface area contributed by atoms with E-state index in [2.05, 4.69) is 36.3 Å². The number of hydrogen-bond donors (Lipinski definition) is 1. The lowest BCUT2D eigenvalue weighted by Crippen LogP contribution is -2.14. The third kappa shape index (κ3) is 1.63. The van der Waals surface area contributed by atoms with Crippen LogP contribution in [0, 0.1) is 0 Å². The predicted octanol–water partition coefficient (Wildman–Crippen LogP) is 1.31. The van der Waals surface area contributed by atoms with Crippen molar-refractivity contribution >= 4 is 21.7 Å². The van der Waals surface area contributed by atoms with Gasteiger partial charge in [0.05, 0.1) is 10.5 Å². The van der Waals surface area contributed by atoms with Gasteiger partial charge in [0.25, 0.3) is 5.78 Å². The maximum absolute atomic E-state index is 4.41. The third-order valence-corrected chi connectivity index (χ3v) is 2.96. The Hall–Kier alpha value is -1.01. The lowest BCUT2D eigenvalue weighted by atomic mass is 10.2. The average Bonchev–Trinajstić information content (AvgIpc) is 2.84. The number of hydrogen-bond acceptors (Lipinski definition) is 4. The zero-order valence-electron chi connectivity index (χ0n) is 8.02. The maximum Gasteiger partial charge on any atom is 0.252 e. The summed E-state index contributed by atoms with van der Waals surface area (Å²) < 4.78 is 2.62. The summed E-state index contributed by atoms with van der Waals surface area (Å²) in [5.41, 5.74) is 0. The quantitative estimate of drug-likeness (QED) is 0.847.